The fraction of sp³-hybridized carbons (Fsp3) is 0.400. The number of hydrogen-bond donors (Lipinski definition) is 0. The van der Waals surface area contributed by atoms with E-state index in [2.05, 4.69) is 36.9 Å². The number of esters is 1. The molecule has 1 aliphatic heterocycles. The number of anilines is 1. The Balaban J connectivity index is 1.53. The number of ether oxygens (including phenoxy) is 1. The second kappa shape index (κ2) is 8.20. The Morgan fingerprint density at radius 1 is 1.18 bits per heavy atom. The maximum absolute atomic E-state index is 12.3. The largest absolute Gasteiger partial charge is 0.462 e. The van der Waals surface area contributed by atoms with E-state index in [1.165, 1.54) is 16.9 Å². The summed E-state index contributed by atoms with van der Waals surface area (Å²) in [6.45, 7) is 8.77. The lowest BCUT2D eigenvalue weighted by Crippen LogP contribution is -2.46. The number of thiophene rings is 1. The van der Waals surface area contributed by atoms with E-state index >= 15 is 0 Å². The van der Waals surface area contributed by atoms with Gasteiger partial charge in [-0.3, -0.25) is 9.88 Å². The van der Waals surface area contributed by atoms with Crippen LogP contribution in [0.1, 0.15) is 27.7 Å². The van der Waals surface area contributed by atoms with Gasteiger partial charge in [0.2, 0.25) is 0 Å². The van der Waals surface area contributed by atoms with Crippen LogP contribution in [0.15, 0.2) is 30.9 Å². The zero-order valence-electron chi connectivity index (χ0n) is 16.1. The van der Waals surface area contributed by atoms with Gasteiger partial charge in [0, 0.05) is 45.1 Å². The highest BCUT2D eigenvalue weighted by Crippen LogP contribution is 2.35. The van der Waals surface area contributed by atoms with Crippen molar-refractivity contribution in [3.63, 3.8) is 0 Å². The molecule has 0 spiro atoms. The summed E-state index contributed by atoms with van der Waals surface area (Å²) in [5, 5.41) is 0.970. The number of nitrogens with zero attached hydrogens (tertiary/aromatic N) is 5. The Morgan fingerprint density at radius 3 is 2.64 bits per heavy atom. The van der Waals surface area contributed by atoms with Crippen molar-refractivity contribution in [2.45, 2.75) is 20.4 Å². The first-order valence-corrected chi connectivity index (χ1v) is 10.3. The van der Waals surface area contributed by atoms with Gasteiger partial charge in [0.25, 0.3) is 0 Å². The van der Waals surface area contributed by atoms with Crippen molar-refractivity contribution in [2.75, 3.05) is 37.7 Å². The summed E-state index contributed by atoms with van der Waals surface area (Å²) in [6, 6.07) is 4.12. The van der Waals surface area contributed by atoms with E-state index in [4.69, 9.17) is 4.74 Å². The minimum atomic E-state index is -0.281. The maximum atomic E-state index is 12.3. The quantitative estimate of drug-likeness (QED) is 0.613. The molecule has 0 atom stereocenters. The molecule has 3 aromatic rings. The first-order chi connectivity index (χ1) is 13.7. The number of fused-ring (bicyclic) bond motifs is 1. The normalized spacial score (nSPS) is 15.1. The predicted octanol–water partition coefficient (Wildman–Crippen LogP) is 2.89. The van der Waals surface area contributed by atoms with E-state index in [1.54, 1.807) is 6.33 Å². The predicted molar refractivity (Wildman–Crippen MR) is 110 cm³/mol. The molecular formula is C20H23N5O2S. The van der Waals surface area contributed by atoms with Crippen LogP contribution in [0.2, 0.25) is 0 Å². The number of carbonyl (C=O) groups excluding carboxylic acids is 1. The van der Waals surface area contributed by atoms with Gasteiger partial charge in [0.1, 0.15) is 21.9 Å². The fourth-order valence-corrected chi connectivity index (χ4v) is 4.59. The number of piperazine rings is 1. The Labute approximate surface area is 168 Å². The second-order valence-electron chi connectivity index (χ2n) is 6.77. The van der Waals surface area contributed by atoms with Crippen LogP contribution >= 0.6 is 11.3 Å². The van der Waals surface area contributed by atoms with Crippen molar-refractivity contribution < 1.29 is 9.53 Å². The van der Waals surface area contributed by atoms with Gasteiger partial charge < -0.3 is 9.64 Å². The highest BCUT2D eigenvalue weighted by Gasteiger charge is 2.25. The molecule has 0 N–H and O–H groups in total. The lowest BCUT2D eigenvalue weighted by molar-refractivity contribution is 0.0531. The molecule has 0 bridgehead atoms. The van der Waals surface area contributed by atoms with Gasteiger partial charge in [-0.15, -0.1) is 11.3 Å². The number of aromatic nitrogens is 3. The zero-order valence-corrected chi connectivity index (χ0v) is 16.9. The molecular weight excluding hydrogens is 374 g/mol. The van der Waals surface area contributed by atoms with Gasteiger partial charge in [-0.05, 0) is 37.1 Å². The molecule has 1 aliphatic rings. The highest BCUT2D eigenvalue weighted by atomic mass is 32.1. The molecule has 3 aromatic heterocycles. The summed E-state index contributed by atoms with van der Waals surface area (Å²) < 4.78 is 5.19. The number of pyridine rings is 1. The minimum Gasteiger partial charge on any atom is -0.462 e. The van der Waals surface area contributed by atoms with Gasteiger partial charge in [-0.1, -0.05) is 0 Å². The van der Waals surface area contributed by atoms with Gasteiger partial charge in [0.15, 0.2) is 0 Å². The Morgan fingerprint density at radius 2 is 1.93 bits per heavy atom. The van der Waals surface area contributed by atoms with Crippen LogP contribution in [0.3, 0.4) is 0 Å². The van der Waals surface area contributed by atoms with Crippen molar-refractivity contribution in [3.8, 4) is 0 Å². The summed E-state index contributed by atoms with van der Waals surface area (Å²) in [5.41, 5.74) is 2.19. The standard InChI is InChI=1S/C20H23N5O2S/c1-3-27-20(26)17-14(2)16-18(22-13-23-19(16)28-17)25-10-8-24(9-11-25)12-15-4-6-21-7-5-15/h4-7,13H,3,8-12H2,1-2H3. The third kappa shape index (κ3) is 3.70. The number of rotatable bonds is 5. The van der Waals surface area contributed by atoms with Crippen molar-refractivity contribution in [3.05, 3.63) is 46.9 Å². The molecule has 0 aliphatic carbocycles. The monoisotopic (exact) mass is 397 g/mol. The molecule has 0 radical (unpaired) electrons. The molecule has 4 rings (SSSR count). The van der Waals surface area contributed by atoms with Crippen LogP contribution in [-0.4, -0.2) is 58.6 Å². The van der Waals surface area contributed by atoms with Crippen LogP contribution in [0.4, 0.5) is 5.82 Å². The molecule has 0 saturated carbocycles. The molecule has 1 fully saturated rings. The molecule has 7 nitrogen and oxygen atoms in total. The summed E-state index contributed by atoms with van der Waals surface area (Å²) in [7, 11) is 0. The Hall–Kier alpha value is -2.58. The van der Waals surface area contributed by atoms with Crippen LogP contribution in [-0.2, 0) is 11.3 Å². The summed E-state index contributed by atoms with van der Waals surface area (Å²) in [6.07, 6.45) is 5.26. The molecule has 8 heteroatoms. The molecule has 0 amide bonds. The Kier molecular flexibility index (Phi) is 5.50. The van der Waals surface area contributed by atoms with E-state index < -0.39 is 0 Å². The van der Waals surface area contributed by atoms with Crippen molar-refractivity contribution in [1.29, 1.82) is 0 Å². The van der Waals surface area contributed by atoms with E-state index in [0.29, 0.717) is 11.5 Å². The highest BCUT2D eigenvalue weighted by molar-refractivity contribution is 7.20. The first kappa shape index (κ1) is 18.8. The molecule has 28 heavy (non-hydrogen) atoms. The van der Waals surface area contributed by atoms with Crippen molar-refractivity contribution in [2.24, 2.45) is 0 Å². The average molecular weight is 398 g/mol. The van der Waals surface area contributed by atoms with E-state index in [1.807, 2.05) is 26.2 Å². The van der Waals surface area contributed by atoms with E-state index in [-0.39, 0.29) is 5.97 Å². The zero-order chi connectivity index (χ0) is 19.5. The van der Waals surface area contributed by atoms with Gasteiger partial charge in [0.05, 0.1) is 12.0 Å². The van der Waals surface area contributed by atoms with Crippen LogP contribution in [0, 0.1) is 6.92 Å². The molecule has 0 aromatic carbocycles. The third-order valence-corrected chi connectivity index (χ3v) is 6.17. The van der Waals surface area contributed by atoms with Crippen LogP contribution < -0.4 is 4.90 Å². The van der Waals surface area contributed by atoms with Gasteiger partial charge >= 0.3 is 5.97 Å². The molecule has 1 saturated heterocycles. The van der Waals surface area contributed by atoms with Crippen LogP contribution in [0.25, 0.3) is 10.2 Å². The Bertz CT molecular complexity index is 967. The van der Waals surface area contributed by atoms with E-state index in [9.17, 15) is 4.79 Å². The molecule has 146 valence electrons. The minimum absolute atomic E-state index is 0.281. The number of aryl methyl sites for hydroxylation is 1. The lowest BCUT2D eigenvalue weighted by Gasteiger charge is -2.35. The third-order valence-electron chi connectivity index (χ3n) is 5.00. The van der Waals surface area contributed by atoms with Crippen molar-refractivity contribution >= 4 is 33.3 Å². The average Bonchev–Trinajstić information content (AvgIpc) is 3.07. The topological polar surface area (TPSA) is 71.5 Å². The summed E-state index contributed by atoms with van der Waals surface area (Å²) in [4.78, 5) is 31.5. The summed E-state index contributed by atoms with van der Waals surface area (Å²) >= 11 is 1.38. The molecule has 4 heterocycles. The lowest BCUT2D eigenvalue weighted by atomic mass is 10.1. The molecule has 0 unspecified atom stereocenters. The second-order valence-corrected chi connectivity index (χ2v) is 7.77. The van der Waals surface area contributed by atoms with E-state index in [0.717, 1.165) is 54.3 Å². The van der Waals surface area contributed by atoms with Crippen LogP contribution in [0.5, 0.6) is 0 Å². The number of carbonyl (C=O) groups is 1. The fourth-order valence-electron chi connectivity index (χ4n) is 3.55. The maximum Gasteiger partial charge on any atom is 0.348 e. The first-order valence-electron chi connectivity index (χ1n) is 9.44. The number of hydrogen-bond acceptors (Lipinski definition) is 8. The summed E-state index contributed by atoms with van der Waals surface area (Å²) in [5.74, 6) is 0.633. The smallest absolute Gasteiger partial charge is 0.348 e. The van der Waals surface area contributed by atoms with Gasteiger partial charge in [-0.25, -0.2) is 14.8 Å². The SMILES string of the molecule is CCOC(=O)c1sc2ncnc(N3CCN(Cc4ccncc4)CC3)c2c1C. The van der Waals surface area contributed by atoms with Crippen molar-refractivity contribution in [1.82, 2.24) is 19.9 Å². The van der Waals surface area contributed by atoms with Gasteiger partial charge in [-0.2, -0.15) is 0 Å².